The zero-order valence-corrected chi connectivity index (χ0v) is 14.2. The molecule has 0 saturated carbocycles. The number of H-pyrrole nitrogens is 1. The van der Waals surface area contributed by atoms with Gasteiger partial charge in [-0.15, -0.1) is 0 Å². The van der Waals surface area contributed by atoms with Crippen LogP contribution in [0.25, 0.3) is 0 Å². The Kier molecular flexibility index (Phi) is 5.30. The number of nitrogens with zero attached hydrogens (tertiary/aromatic N) is 4. The predicted molar refractivity (Wildman–Crippen MR) is 93.0 cm³/mol. The predicted octanol–water partition coefficient (Wildman–Crippen LogP) is 1.73. The summed E-state index contributed by atoms with van der Waals surface area (Å²) in [5.74, 6) is 1.60. The van der Waals surface area contributed by atoms with Crippen LogP contribution >= 0.6 is 0 Å². The third-order valence-corrected chi connectivity index (χ3v) is 4.04. The van der Waals surface area contributed by atoms with Gasteiger partial charge < -0.3 is 15.0 Å². The monoisotopic (exact) mass is 328 g/mol. The van der Waals surface area contributed by atoms with Crippen LogP contribution in [0.4, 0.5) is 0 Å². The van der Waals surface area contributed by atoms with E-state index in [1.54, 1.807) is 6.20 Å². The van der Waals surface area contributed by atoms with Crippen LogP contribution in [-0.2, 0) is 6.54 Å². The first kappa shape index (κ1) is 16.3. The van der Waals surface area contributed by atoms with Crippen molar-refractivity contribution in [2.45, 2.75) is 32.9 Å². The first-order valence-electron chi connectivity index (χ1n) is 8.36. The summed E-state index contributed by atoms with van der Waals surface area (Å²) in [7, 11) is 0. The summed E-state index contributed by atoms with van der Waals surface area (Å²) >= 11 is 0. The van der Waals surface area contributed by atoms with Gasteiger partial charge in [0.2, 0.25) is 5.88 Å². The van der Waals surface area contributed by atoms with Crippen molar-refractivity contribution >= 4 is 5.96 Å². The lowest BCUT2D eigenvalue weighted by molar-refractivity contribution is 0.205. The van der Waals surface area contributed by atoms with E-state index in [0.717, 1.165) is 43.3 Å². The van der Waals surface area contributed by atoms with Crippen molar-refractivity contribution in [1.29, 1.82) is 0 Å². The molecule has 128 valence electrons. The van der Waals surface area contributed by atoms with E-state index >= 15 is 0 Å². The quantitative estimate of drug-likeness (QED) is 0.645. The number of aromatic amines is 1. The fraction of sp³-hybridized carbons (Fsp3) is 0.471. The van der Waals surface area contributed by atoms with Crippen LogP contribution in [0.5, 0.6) is 5.88 Å². The van der Waals surface area contributed by atoms with Crippen molar-refractivity contribution in [2.75, 3.05) is 19.6 Å². The second kappa shape index (κ2) is 7.81. The number of aliphatic imine (C=N–C) groups is 1. The Balaban J connectivity index is 1.61. The number of aryl methyl sites for hydroxylation is 1. The summed E-state index contributed by atoms with van der Waals surface area (Å²) in [5, 5.41) is 10.4. The largest absolute Gasteiger partial charge is 0.472 e. The zero-order chi connectivity index (χ0) is 16.8. The molecule has 0 aromatic carbocycles. The van der Waals surface area contributed by atoms with Crippen molar-refractivity contribution in [3.8, 4) is 5.88 Å². The molecule has 1 atom stereocenters. The maximum atomic E-state index is 5.95. The van der Waals surface area contributed by atoms with E-state index in [1.807, 2.05) is 31.3 Å². The van der Waals surface area contributed by atoms with Crippen LogP contribution in [-0.4, -0.2) is 51.8 Å². The normalized spacial score (nSPS) is 18.0. The highest BCUT2D eigenvalue weighted by Gasteiger charge is 2.26. The topological polar surface area (TPSA) is 78.4 Å². The summed E-state index contributed by atoms with van der Waals surface area (Å²) in [6, 6.07) is 5.72. The number of hydrogen-bond acceptors (Lipinski definition) is 4. The fourth-order valence-corrected chi connectivity index (χ4v) is 2.73. The average Bonchev–Trinajstić information content (AvgIpc) is 3.22. The van der Waals surface area contributed by atoms with Gasteiger partial charge >= 0.3 is 0 Å². The molecule has 1 fully saturated rings. The minimum atomic E-state index is 0.138. The molecule has 1 aliphatic rings. The molecule has 7 heteroatoms. The van der Waals surface area contributed by atoms with Crippen LogP contribution in [0.2, 0.25) is 0 Å². The van der Waals surface area contributed by atoms with Crippen molar-refractivity contribution < 1.29 is 4.74 Å². The van der Waals surface area contributed by atoms with Crippen LogP contribution in [0, 0.1) is 6.92 Å². The second-order valence-corrected chi connectivity index (χ2v) is 5.83. The van der Waals surface area contributed by atoms with E-state index in [2.05, 4.69) is 32.3 Å². The van der Waals surface area contributed by atoms with Gasteiger partial charge in [0.05, 0.1) is 19.3 Å². The van der Waals surface area contributed by atoms with E-state index in [1.165, 1.54) is 0 Å². The first-order chi connectivity index (χ1) is 11.8. The Bertz CT molecular complexity index is 669. The average molecular weight is 328 g/mol. The molecule has 24 heavy (non-hydrogen) atoms. The highest BCUT2D eigenvalue weighted by molar-refractivity contribution is 5.80. The highest BCUT2D eigenvalue weighted by atomic mass is 16.5. The highest BCUT2D eigenvalue weighted by Crippen LogP contribution is 2.16. The molecule has 0 radical (unpaired) electrons. The Morgan fingerprint density at radius 1 is 1.50 bits per heavy atom. The fourth-order valence-electron chi connectivity index (χ4n) is 2.73. The smallest absolute Gasteiger partial charge is 0.213 e. The first-order valence-corrected chi connectivity index (χ1v) is 8.36. The number of aromatic nitrogens is 3. The molecule has 1 aliphatic heterocycles. The Morgan fingerprint density at radius 2 is 2.42 bits per heavy atom. The van der Waals surface area contributed by atoms with Crippen molar-refractivity contribution in [3.63, 3.8) is 0 Å². The second-order valence-electron chi connectivity index (χ2n) is 5.83. The van der Waals surface area contributed by atoms with E-state index < -0.39 is 0 Å². The van der Waals surface area contributed by atoms with Gasteiger partial charge in [0.15, 0.2) is 5.96 Å². The van der Waals surface area contributed by atoms with Crippen LogP contribution in [0.3, 0.4) is 0 Å². The van der Waals surface area contributed by atoms with Crippen LogP contribution < -0.4 is 10.1 Å². The van der Waals surface area contributed by atoms with Crippen LogP contribution in [0.15, 0.2) is 35.6 Å². The minimum Gasteiger partial charge on any atom is -0.472 e. The van der Waals surface area contributed by atoms with E-state index in [4.69, 9.17) is 9.73 Å². The number of rotatable bonds is 5. The molecule has 2 aromatic heterocycles. The summed E-state index contributed by atoms with van der Waals surface area (Å²) < 4.78 is 5.95. The van der Waals surface area contributed by atoms with Gasteiger partial charge in [-0.3, -0.25) is 5.10 Å². The molecule has 2 N–H and O–H groups in total. The molecule has 0 amide bonds. The number of nitrogens with one attached hydrogen (secondary N) is 2. The van der Waals surface area contributed by atoms with E-state index in [0.29, 0.717) is 12.4 Å². The number of hydrogen-bond donors (Lipinski definition) is 2. The minimum absolute atomic E-state index is 0.138. The molecule has 3 rings (SSSR count). The Morgan fingerprint density at radius 3 is 3.12 bits per heavy atom. The molecule has 3 heterocycles. The lowest BCUT2D eigenvalue weighted by Crippen LogP contribution is -2.41. The molecule has 0 spiro atoms. The molecule has 1 saturated heterocycles. The summed E-state index contributed by atoms with van der Waals surface area (Å²) in [6.07, 6.45) is 4.69. The lowest BCUT2D eigenvalue weighted by atomic mass is 10.3. The lowest BCUT2D eigenvalue weighted by Gasteiger charge is -2.21. The molecule has 0 bridgehead atoms. The molecule has 0 aliphatic carbocycles. The van der Waals surface area contributed by atoms with Gasteiger partial charge in [-0.2, -0.15) is 5.10 Å². The molecule has 1 unspecified atom stereocenters. The summed E-state index contributed by atoms with van der Waals surface area (Å²) in [5.41, 5.74) is 2.18. The van der Waals surface area contributed by atoms with Gasteiger partial charge in [-0.05, 0) is 19.9 Å². The van der Waals surface area contributed by atoms with Crippen molar-refractivity contribution in [3.05, 3.63) is 41.9 Å². The van der Waals surface area contributed by atoms with Crippen molar-refractivity contribution in [2.24, 2.45) is 4.99 Å². The molecule has 7 nitrogen and oxygen atoms in total. The van der Waals surface area contributed by atoms with Gasteiger partial charge in [0, 0.05) is 43.0 Å². The number of pyridine rings is 1. The Hall–Kier alpha value is -2.57. The number of likely N-dealkylation sites (tertiary alicyclic amines) is 1. The molecule has 2 aromatic rings. The van der Waals surface area contributed by atoms with Gasteiger partial charge in [0.1, 0.15) is 6.10 Å². The van der Waals surface area contributed by atoms with Gasteiger partial charge in [-0.1, -0.05) is 6.07 Å². The van der Waals surface area contributed by atoms with Crippen LogP contribution in [0.1, 0.15) is 24.6 Å². The maximum Gasteiger partial charge on any atom is 0.213 e. The summed E-state index contributed by atoms with van der Waals surface area (Å²) in [4.78, 5) is 11.2. The van der Waals surface area contributed by atoms with Gasteiger partial charge in [0.25, 0.3) is 0 Å². The van der Waals surface area contributed by atoms with E-state index in [9.17, 15) is 0 Å². The Labute approximate surface area is 142 Å². The molecular formula is C17H24N6O. The molecular weight excluding hydrogens is 304 g/mol. The SMILES string of the molecule is CCNC(=NCc1cn[nH]c1C)N1CCC(Oc2ccccn2)C1. The van der Waals surface area contributed by atoms with Crippen molar-refractivity contribution in [1.82, 2.24) is 25.4 Å². The van der Waals surface area contributed by atoms with Gasteiger partial charge in [-0.25, -0.2) is 9.98 Å². The third kappa shape index (κ3) is 4.04. The maximum absolute atomic E-state index is 5.95. The zero-order valence-electron chi connectivity index (χ0n) is 14.2. The van der Waals surface area contributed by atoms with E-state index in [-0.39, 0.29) is 6.10 Å². The number of ether oxygens (including phenoxy) is 1. The third-order valence-electron chi connectivity index (χ3n) is 4.04. The number of guanidine groups is 1. The summed E-state index contributed by atoms with van der Waals surface area (Å²) in [6.45, 7) is 7.28. The standard InChI is InChI=1S/C17H24N6O/c1-3-18-17(20-10-14-11-21-22-13(14)2)23-9-7-15(12-23)24-16-6-4-5-8-19-16/h4-6,8,11,15H,3,7,9-10,12H2,1-2H3,(H,18,20)(H,21,22).